The molecule has 2 N–H and O–H groups in total. The van der Waals surface area contributed by atoms with Crippen LogP contribution >= 0.6 is 0 Å². The average molecular weight is 280 g/mol. The Morgan fingerprint density at radius 1 is 1.30 bits per heavy atom. The van der Waals surface area contributed by atoms with Crippen LogP contribution in [0.5, 0.6) is 0 Å². The highest BCUT2D eigenvalue weighted by molar-refractivity contribution is 5.03. The number of rotatable bonds is 3. The average Bonchev–Trinajstić information content (AvgIpc) is 2.43. The smallest absolute Gasteiger partial charge is 0.327 e. The van der Waals surface area contributed by atoms with Crippen molar-refractivity contribution in [2.24, 2.45) is 19.8 Å². The minimum atomic E-state index is -0.276. The van der Waals surface area contributed by atoms with Crippen LogP contribution in [0.2, 0.25) is 0 Å². The number of nitrogens with two attached hydrogens (primary N) is 1. The molecule has 1 fully saturated rings. The first-order valence-electron chi connectivity index (χ1n) is 7.17. The molecule has 0 radical (unpaired) electrons. The van der Waals surface area contributed by atoms with Gasteiger partial charge in [-0.3, -0.25) is 18.8 Å². The van der Waals surface area contributed by atoms with Gasteiger partial charge in [0.25, 0.3) is 5.56 Å². The molecular weight excluding hydrogens is 256 g/mol. The number of hydrogen-bond acceptors (Lipinski definition) is 4. The Morgan fingerprint density at radius 2 is 2.00 bits per heavy atom. The number of likely N-dealkylation sites (tertiary alicyclic amines) is 1. The molecule has 20 heavy (non-hydrogen) atoms. The number of nitrogens with zero attached hydrogens (tertiary/aromatic N) is 3. The molecule has 0 amide bonds. The van der Waals surface area contributed by atoms with E-state index >= 15 is 0 Å². The molecular formula is C14H24N4O2. The van der Waals surface area contributed by atoms with Crippen molar-refractivity contribution in [3.63, 3.8) is 0 Å². The summed E-state index contributed by atoms with van der Waals surface area (Å²) >= 11 is 0. The fourth-order valence-electron chi connectivity index (χ4n) is 2.95. The Labute approximate surface area is 118 Å². The summed E-state index contributed by atoms with van der Waals surface area (Å²) in [5, 5.41) is 0. The molecule has 1 aliphatic rings. The summed E-state index contributed by atoms with van der Waals surface area (Å²) in [5.41, 5.74) is 6.28. The summed E-state index contributed by atoms with van der Waals surface area (Å²) < 4.78 is 2.68. The van der Waals surface area contributed by atoms with Gasteiger partial charge in [0, 0.05) is 44.5 Å². The third-order valence-electron chi connectivity index (χ3n) is 4.26. The van der Waals surface area contributed by atoms with E-state index < -0.39 is 0 Å². The van der Waals surface area contributed by atoms with E-state index in [2.05, 4.69) is 4.90 Å². The lowest BCUT2D eigenvalue weighted by atomic mass is 9.97. The van der Waals surface area contributed by atoms with Crippen LogP contribution in [-0.4, -0.2) is 32.7 Å². The lowest BCUT2D eigenvalue weighted by molar-refractivity contribution is 0.119. The summed E-state index contributed by atoms with van der Waals surface area (Å²) in [6.45, 7) is 3.59. The summed E-state index contributed by atoms with van der Waals surface area (Å²) in [5.74, 6) is 0. The molecule has 112 valence electrons. The molecule has 1 saturated heterocycles. The molecule has 1 aromatic rings. The quantitative estimate of drug-likeness (QED) is 0.831. The van der Waals surface area contributed by atoms with E-state index in [0.29, 0.717) is 12.6 Å². The molecule has 2 unspecified atom stereocenters. The molecule has 6 nitrogen and oxygen atoms in total. The molecule has 6 heteroatoms. The zero-order valence-corrected chi connectivity index (χ0v) is 12.5. The summed E-state index contributed by atoms with van der Waals surface area (Å²) in [6, 6.07) is 1.97. The normalized spacial score (nSPS) is 21.9. The number of piperidine rings is 1. The van der Waals surface area contributed by atoms with Gasteiger partial charge >= 0.3 is 5.69 Å². The van der Waals surface area contributed by atoms with E-state index in [1.807, 2.05) is 6.92 Å². The van der Waals surface area contributed by atoms with Gasteiger partial charge in [-0.05, 0) is 26.3 Å². The van der Waals surface area contributed by atoms with Crippen LogP contribution < -0.4 is 17.0 Å². The minimum absolute atomic E-state index is 0.0962. The second-order valence-corrected chi connectivity index (χ2v) is 5.77. The summed E-state index contributed by atoms with van der Waals surface area (Å²) in [4.78, 5) is 26.0. The van der Waals surface area contributed by atoms with E-state index in [1.165, 1.54) is 13.5 Å². The number of aromatic nitrogens is 2. The molecule has 2 atom stereocenters. The lowest BCUT2D eigenvalue weighted by Crippen LogP contribution is -2.49. The van der Waals surface area contributed by atoms with Crippen LogP contribution in [0, 0.1) is 0 Å². The van der Waals surface area contributed by atoms with Crippen LogP contribution in [-0.2, 0) is 20.6 Å². The monoisotopic (exact) mass is 280 g/mol. The van der Waals surface area contributed by atoms with Crippen LogP contribution in [0.15, 0.2) is 15.7 Å². The maximum Gasteiger partial charge on any atom is 0.330 e. The highest BCUT2D eigenvalue weighted by atomic mass is 16.2. The van der Waals surface area contributed by atoms with Crippen molar-refractivity contribution >= 4 is 0 Å². The Morgan fingerprint density at radius 3 is 2.65 bits per heavy atom. The second-order valence-electron chi connectivity index (χ2n) is 5.77. The molecule has 0 aromatic carbocycles. The first kappa shape index (κ1) is 15.0. The van der Waals surface area contributed by atoms with Crippen molar-refractivity contribution in [2.75, 3.05) is 6.54 Å². The first-order chi connectivity index (χ1) is 9.41. The molecule has 0 saturated carbocycles. The van der Waals surface area contributed by atoms with Gasteiger partial charge in [-0.2, -0.15) is 0 Å². The maximum absolute atomic E-state index is 11.9. The van der Waals surface area contributed by atoms with Gasteiger partial charge in [0.05, 0.1) is 0 Å². The highest BCUT2D eigenvalue weighted by Crippen LogP contribution is 2.20. The molecule has 0 aliphatic carbocycles. The van der Waals surface area contributed by atoms with Gasteiger partial charge in [-0.25, -0.2) is 4.79 Å². The molecule has 0 spiro atoms. The molecule has 2 heterocycles. The first-order valence-corrected chi connectivity index (χ1v) is 7.17. The van der Waals surface area contributed by atoms with Gasteiger partial charge < -0.3 is 5.73 Å². The van der Waals surface area contributed by atoms with E-state index in [0.717, 1.165) is 29.6 Å². The molecule has 1 aliphatic heterocycles. The number of hydrogen-bond donors (Lipinski definition) is 1. The Bertz CT molecular complexity index is 588. The fraction of sp³-hybridized carbons (Fsp3) is 0.714. The molecule has 0 bridgehead atoms. The van der Waals surface area contributed by atoms with E-state index in [9.17, 15) is 9.59 Å². The van der Waals surface area contributed by atoms with Crippen molar-refractivity contribution in [2.45, 2.75) is 44.8 Å². The van der Waals surface area contributed by atoms with Gasteiger partial charge in [-0.15, -0.1) is 0 Å². The molecule has 2 rings (SSSR count). The van der Waals surface area contributed by atoms with E-state index in [-0.39, 0.29) is 17.3 Å². The Balaban J connectivity index is 2.29. The van der Waals surface area contributed by atoms with Gasteiger partial charge in [0.2, 0.25) is 0 Å². The van der Waals surface area contributed by atoms with Gasteiger partial charge in [0.1, 0.15) is 0 Å². The zero-order valence-electron chi connectivity index (χ0n) is 12.5. The van der Waals surface area contributed by atoms with E-state index in [4.69, 9.17) is 5.73 Å². The van der Waals surface area contributed by atoms with Crippen LogP contribution in [0.4, 0.5) is 0 Å². The van der Waals surface area contributed by atoms with Crippen LogP contribution in [0.3, 0.4) is 0 Å². The summed E-state index contributed by atoms with van der Waals surface area (Å²) in [7, 11) is 3.21. The largest absolute Gasteiger partial charge is 0.330 e. The Hall–Kier alpha value is -1.40. The topological polar surface area (TPSA) is 73.3 Å². The summed E-state index contributed by atoms with van der Waals surface area (Å²) in [6.07, 6.45) is 3.41. The zero-order chi connectivity index (χ0) is 14.9. The van der Waals surface area contributed by atoms with Crippen LogP contribution in [0.25, 0.3) is 0 Å². The maximum atomic E-state index is 11.9. The third kappa shape index (κ3) is 2.86. The van der Waals surface area contributed by atoms with Crippen molar-refractivity contribution in [3.8, 4) is 0 Å². The lowest BCUT2D eigenvalue weighted by Gasteiger charge is -2.38. The van der Waals surface area contributed by atoms with Crippen molar-refractivity contribution in [1.82, 2.24) is 14.0 Å². The fourth-order valence-corrected chi connectivity index (χ4v) is 2.95. The predicted molar refractivity (Wildman–Crippen MR) is 78.6 cm³/mol. The van der Waals surface area contributed by atoms with E-state index in [1.54, 1.807) is 17.7 Å². The van der Waals surface area contributed by atoms with Crippen LogP contribution in [0.1, 0.15) is 31.9 Å². The van der Waals surface area contributed by atoms with Gasteiger partial charge in [-0.1, -0.05) is 6.42 Å². The minimum Gasteiger partial charge on any atom is -0.327 e. The SMILES string of the molecule is CC(N)C1CCCCN1Cc1cc(=O)n(C)c(=O)n1C. The Kier molecular flexibility index (Phi) is 4.45. The van der Waals surface area contributed by atoms with Crippen molar-refractivity contribution < 1.29 is 0 Å². The standard InChI is InChI=1S/C14H24N4O2/c1-10(15)12-6-4-5-7-18(12)9-11-8-13(19)17(3)14(20)16(11)2/h8,10,12H,4-7,9,15H2,1-3H3. The molecule has 1 aromatic heterocycles. The van der Waals surface area contributed by atoms with Crippen molar-refractivity contribution in [3.05, 3.63) is 32.6 Å². The third-order valence-corrected chi connectivity index (χ3v) is 4.26. The predicted octanol–water partition coefficient (Wildman–Crippen LogP) is -0.214. The highest BCUT2D eigenvalue weighted by Gasteiger charge is 2.26. The second kappa shape index (κ2) is 5.93. The van der Waals surface area contributed by atoms with Gasteiger partial charge in [0.15, 0.2) is 0 Å². The van der Waals surface area contributed by atoms with Crippen molar-refractivity contribution in [1.29, 1.82) is 0 Å².